The lowest BCUT2D eigenvalue weighted by atomic mass is 10.2. The van der Waals surface area contributed by atoms with E-state index in [4.69, 9.17) is 9.47 Å². The lowest BCUT2D eigenvalue weighted by Gasteiger charge is -2.32. The molecular weight excluding hydrogens is 408 g/mol. The second-order valence-electron chi connectivity index (χ2n) is 7.82. The molecule has 164 valence electrons. The van der Waals surface area contributed by atoms with Gasteiger partial charge in [-0.05, 0) is 49.7 Å². The first kappa shape index (κ1) is 20.2. The number of rotatable bonds is 5. The zero-order valence-corrected chi connectivity index (χ0v) is 18.0. The van der Waals surface area contributed by atoms with Crippen molar-refractivity contribution in [3.63, 3.8) is 0 Å². The highest BCUT2D eigenvalue weighted by Gasteiger charge is 2.29. The van der Waals surface area contributed by atoms with Crippen LogP contribution in [0.25, 0.3) is 11.3 Å². The number of amides is 1. The molecule has 9 heteroatoms. The van der Waals surface area contributed by atoms with E-state index in [0.29, 0.717) is 32.0 Å². The van der Waals surface area contributed by atoms with Crippen LogP contribution >= 0.6 is 0 Å². The van der Waals surface area contributed by atoms with Crippen molar-refractivity contribution in [2.45, 2.75) is 20.0 Å². The Morgan fingerprint density at radius 2 is 2.06 bits per heavy atom. The Bertz CT molecular complexity index is 1230. The molecule has 32 heavy (non-hydrogen) atoms. The summed E-state index contributed by atoms with van der Waals surface area (Å²) in [7, 11) is 0. The van der Waals surface area contributed by atoms with Crippen molar-refractivity contribution in [2.24, 2.45) is 0 Å². The van der Waals surface area contributed by atoms with Crippen molar-refractivity contribution in [3.05, 3.63) is 72.2 Å². The van der Waals surface area contributed by atoms with Gasteiger partial charge in [-0.2, -0.15) is 5.10 Å². The normalized spacial score (nSPS) is 16.4. The van der Waals surface area contributed by atoms with Gasteiger partial charge in [-0.25, -0.2) is 14.6 Å². The Balaban J connectivity index is 1.24. The van der Waals surface area contributed by atoms with Crippen molar-refractivity contribution in [2.75, 3.05) is 26.3 Å². The van der Waals surface area contributed by atoms with E-state index in [2.05, 4.69) is 15.1 Å². The topological polar surface area (TPSA) is 86.8 Å². The number of imidazole rings is 1. The van der Waals surface area contributed by atoms with E-state index in [0.717, 1.165) is 28.3 Å². The molecular formula is C23H24N6O3. The number of pyridine rings is 1. The predicted molar refractivity (Wildman–Crippen MR) is 117 cm³/mol. The maximum absolute atomic E-state index is 13.3. The van der Waals surface area contributed by atoms with Crippen molar-refractivity contribution >= 4 is 11.6 Å². The van der Waals surface area contributed by atoms with Crippen molar-refractivity contribution in [1.82, 2.24) is 29.0 Å². The van der Waals surface area contributed by atoms with Gasteiger partial charge in [0.25, 0.3) is 5.91 Å². The molecule has 1 amide bonds. The van der Waals surface area contributed by atoms with Gasteiger partial charge in [0.2, 0.25) is 0 Å². The largest absolute Gasteiger partial charge is 0.491 e. The lowest BCUT2D eigenvalue weighted by Crippen LogP contribution is -2.48. The number of carbonyl (C=O) groups is 1. The Morgan fingerprint density at radius 1 is 1.22 bits per heavy atom. The first-order chi connectivity index (χ1) is 15.6. The number of aromatic nitrogens is 5. The minimum Gasteiger partial charge on any atom is -0.491 e. The summed E-state index contributed by atoms with van der Waals surface area (Å²) >= 11 is 0. The van der Waals surface area contributed by atoms with Gasteiger partial charge in [0, 0.05) is 12.7 Å². The maximum atomic E-state index is 13.3. The zero-order valence-electron chi connectivity index (χ0n) is 18.0. The van der Waals surface area contributed by atoms with Gasteiger partial charge in [0.1, 0.15) is 42.5 Å². The van der Waals surface area contributed by atoms with Gasteiger partial charge in [-0.3, -0.25) is 9.20 Å². The number of aryl methyl sites for hydroxylation is 2. The van der Waals surface area contributed by atoms with E-state index in [1.807, 2.05) is 65.7 Å². The molecule has 1 aromatic carbocycles. The van der Waals surface area contributed by atoms with Crippen LogP contribution in [0, 0.1) is 13.8 Å². The first-order valence-corrected chi connectivity index (χ1v) is 10.5. The number of benzene rings is 1. The monoisotopic (exact) mass is 432 g/mol. The molecule has 1 unspecified atom stereocenters. The number of ether oxygens (including phenoxy) is 2. The Hall–Kier alpha value is -3.72. The second kappa shape index (κ2) is 8.43. The van der Waals surface area contributed by atoms with Crippen LogP contribution in [0.5, 0.6) is 5.75 Å². The first-order valence-electron chi connectivity index (χ1n) is 10.5. The summed E-state index contributed by atoms with van der Waals surface area (Å²) in [5, 5.41) is 4.11. The molecule has 1 atom stereocenters. The van der Waals surface area contributed by atoms with Crippen LogP contribution in [0.3, 0.4) is 0 Å². The maximum Gasteiger partial charge on any atom is 0.272 e. The summed E-state index contributed by atoms with van der Waals surface area (Å²) in [6, 6.07) is 11.5. The summed E-state index contributed by atoms with van der Waals surface area (Å²) in [6.07, 6.45) is 4.82. The molecule has 0 radical (unpaired) electrons. The second-order valence-corrected chi connectivity index (χ2v) is 7.82. The van der Waals surface area contributed by atoms with E-state index in [9.17, 15) is 4.79 Å². The fraction of sp³-hybridized carbons (Fsp3) is 0.304. The molecule has 5 rings (SSSR count). The summed E-state index contributed by atoms with van der Waals surface area (Å²) in [5.41, 5.74) is 4.10. The Morgan fingerprint density at radius 3 is 2.84 bits per heavy atom. The van der Waals surface area contributed by atoms with Crippen molar-refractivity contribution < 1.29 is 14.3 Å². The SMILES string of the molecule is Cc1nc2c(C)cccn2c1C(=O)N1CCOC(COc2ccc(-n3cncn3)cc2)C1. The molecule has 0 saturated carbocycles. The average molecular weight is 432 g/mol. The van der Waals surface area contributed by atoms with Crippen LogP contribution in [-0.4, -0.2) is 67.4 Å². The molecule has 0 spiro atoms. The average Bonchev–Trinajstić information content (AvgIpc) is 3.46. The lowest BCUT2D eigenvalue weighted by molar-refractivity contribution is -0.0403. The highest BCUT2D eigenvalue weighted by Crippen LogP contribution is 2.20. The van der Waals surface area contributed by atoms with Crippen LogP contribution in [0.2, 0.25) is 0 Å². The fourth-order valence-corrected chi connectivity index (χ4v) is 3.96. The number of hydrogen-bond donors (Lipinski definition) is 0. The van der Waals surface area contributed by atoms with E-state index in [1.165, 1.54) is 6.33 Å². The van der Waals surface area contributed by atoms with Gasteiger partial charge in [-0.15, -0.1) is 0 Å². The van der Waals surface area contributed by atoms with Crippen molar-refractivity contribution in [3.8, 4) is 11.4 Å². The van der Waals surface area contributed by atoms with Gasteiger partial charge in [-0.1, -0.05) is 6.07 Å². The molecule has 4 heterocycles. The summed E-state index contributed by atoms with van der Waals surface area (Å²) in [4.78, 5) is 23.7. The number of morpholine rings is 1. The molecule has 1 aliphatic heterocycles. The molecule has 0 bridgehead atoms. The number of hydrogen-bond acceptors (Lipinski definition) is 6. The van der Waals surface area contributed by atoms with E-state index < -0.39 is 0 Å². The third-order valence-corrected chi connectivity index (χ3v) is 5.60. The smallest absolute Gasteiger partial charge is 0.272 e. The van der Waals surface area contributed by atoms with E-state index in [1.54, 1.807) is 11.0 Å². The fourth-order valence-electron chi connectivity index (χ4n) is 3.96. The van der Waals surface area contributed by atoms with Gasteiger partial charge in [0.05, 0.1) is 24.5 Å². The Kier molecular flexibility index (Phi) is 5.32. The zero-order chi connectivity index (χ0) is 22.1. The molecule has 0 aliphatic carbocycles. The molecule has 9 nitrogen and oxygen atoms in total. The summed E-state index contributed by atoms with van der Waals surface area (Å²) < 4.78 is 15.3. The quantitative estimate of drug-likeness (QED) is 0.482. The standard InChI is InChI=1S/C23H24N6O3/c1-16-4-3-9-28-21(17(2)26-22(16)28)23(30)27-10-11-31-20(12-27)13-32-19-7-5-18(6-8-19)29-15-24-14-25-29/h3-9,14-15,20H,10-13H2,1-2H3. The molecule has 4 aromatic rings. The van der Waals surface area contributed by atoms with E-state index >= 15 is 0 Å². The molecule has 1 fully saturated rings. The van der Waals surface area contributed by atoms with Crippen LogP contribution in [0.4, 0.5) is 0 Å². The van der Waals surface area contributed by atoms with Gasteiger partial charge < -0.3 is 14.4 Å². The molecule has 1 aliphatic rings. The minimum atomic E-state index is -0.205. The van der Waals surface area contributed by atoms with Crippen LogP contribution in [0.15, 0.2) is 55.2 Å². The van der Waals surface area contributed by atoms with Crippen molar-refractivity contribution in [1.29, 1.82) is 0 Å². The number of carbonyl (C=O) groups excluding carboxylic acids is 1. The highest BCUT2D eigenvalue weighted by atomic mass is 16.5. The van der Waals surface area contributed by atoms with Gasteiger partial charge >= 0.3 is 0 Å². The molecule has 0 N–H and O–H groups in total. The van der Waals surface area contributed by atoms with Crippen LogP contribution in [0.1, 0.15) is 21.7 Å². The number of fused-ring (bicyclic) bond motifs is 1. The Labute approximate surface area is 185 Å². The van der Waals surface area contributed by atoms with E-state index in [-0.39, 0.29) is 12.0 Å². The third kappa shape index (κ3) is 3.82. The highest BCUT2D eigenvalue weighted by molar-refractivity contribution is 5.95. The summed E-state index contributed by atoms with van der Waals surface area (Å²) in [6.45, 7) is 5.71. The van der Waals surface area contributed by atoms with Gasteiger partial charge in [0.15, 0.2) is 0 Å². The van der Waals surface area contributed by atoms with Crippen LogP contribution in [-0.2, 0) is 4.74 Å². The minimum absolute atomic E-state index is 0.0360. The predicted octanol–water partition coefficient (Wildman–Crippen LogP) is 2.45. The third-order valence-electron chi connectivity index (χ3n) is 5.60. The molecule has 1 saturated heterocycles. The summed E-state index contributed by atoms with van der Waals surface area (Å²) in [5.74, 6) is 0.695. The number of nitrogens with zero attached hydrogens (tertiary/aromatic N) is 6. The molecule has 3 aromatic heterocycles. The van der Waals surface area contributed by atoms with Crippen LogP contribution < -0.4 is 4.74 Å².